The lowest BCUT2D eigenvalue weighted by atomic mass is 10.1. The summed E-state index contributed by atoms with van der Waals surface area (Å²) in [4.78, 5) is 17.6. The van der Waals surface area contributed by atoms with Crippen molar-refractivity contribution in [3.63, 3.8) is 0 Å². The predicted molar refractivity (Wildman–Crippen MR) is 145 cm³/mol. The minimum Gasteiger partial charge on any atom is -0.368 e. The number of anilines is 1. The normalized spacial score (nSPS) is 14.4. The fraction of sp³-hybridized carbons (Fsp3) is 0.321. The Morgan fingerprint density at radius 2 is 1.53 bits per heavy atom. The van der Waals surface area contributed by atoms with Gasteiger partial charge in [-0.25, -0.2) is 8.42 Å². The zero-order valence-corrected chi connectivity index (χ0v) is 22.5. The van der Waals surface area contributed by atoms with Crippen LogP contribution in [-0.4, -0.2) is 56.3 Å². The van der Waals surface area contributed by atoms with E-state index in [0.717, 1.165) is 16.8 Å². The van der Waals surface area contributed by atoms with Gasteiger partial charge in [-0.15, -0.1) is 0 Å². The molecule has 4 rings (SSSR count). The molecule has 1 amide bonds. The summed E-state index contributed by atoms with van der Waals surface area (Å²) in [7, 11) is -3.91. The van der Waals surface area contributed by atoms with E-state index in [9.17, 15) is 13.2 Å². The number of nitrogens with zero attached hydrogens (tertiary/aromatic N) is 3. The van der Waals surface area contributed by atoms with E-state index in [1.54, 1.807) is 4.90 Å². The first-order valence-corrected chi connectivity index (χ1v) is 13.9. The van der Waals surface area contributed by atoms with Crippen LogP contribution in [0.5, 0.6) is 0 Å². The van der Waals surface area contributed by atoms with Crippen molar-refractivity contribution >= 4 is 33.2 Å². The third-order valence-corrected chi connectivity index (χ3v) is 8.85. The van der Waals surface area contributed by atoms with E-state index in [1.807, 2.05) is 87.5 Å². The number of hydrogen-bond acceptors (Lipinski definition) is 4. The van der Waals surface area contributed by atoms with E-state index in [0.29, 0.717) is 42.3 Å². The summed E-state index contributed by atoms with van der Waals surface area (Å²) in [5.74, 6) is -0.192. The molecular weight excluding hydrogens is 494 g/mol. The molecular formula is C28H32ClN3O3S. The fourth-order valence-electron chi connectivity index (χ4n) is 4.85. The number of aryl methyl sites for hydroxylation is 3. The lowest BCUT2D eigenvalue weighted by Gasteiger charge is -2.37. The smallest absolute Gasteiger partial charge is 0.244 e. The number of sulfonamides is 1. The molecule has 190 valence electrons. The molecule has 0 unspecified atom stereocenters. The van der Waals surface area contributed by atoms with Gasteiger partial charge in [-0.05, 0) is 55.7 Å². The molecule has 3 aromatic carbocycles. The summed E-state index contributed by atoms with van der Waals surface area (Å²) in [5.41, 5.74) is 4.24. The Hall–Kier alpha value is -2.87. The highest BCUT2D eigenvalue weighted by molar-refractivity contribution is 7.89. The number of benzene rings is 3. The molecule has 1 aliphatic rings. The highest BCUT2D eigenvalue weighted by atomic mass is 35.5. The molecule has 0 radical (unpaired) electrons. The number of hydrogen-bond donors (Lipinski definition) is 0. The summed E-state index contributed by atoms with van der Waals surface area (Å²) in [6.45, 7) is 7.85. The largest absolute Gasteiger partial charge is 0.368 e. The van der Waals surface area contributed by atoms with Crippen LogP contribution in [0.15, 0.2) is 71.6 Å². The summed E-state index contributed by atoms with van der Waals surface area (Å²) < 4.78 is 29.1. The van der Waals surface area contributed by atoms with Crippen LogP contribution in [0.3, 0.4) is 0 Å². The molecule has 0 bridgehead atoms. The quantitative estimate of drug-likeness (QED) is 0.444. The number of halogens is 1. The third kappa shape index (κ3) is 5.91. The van der Waals surface area contributed by atoms with Gasteiger partial charge in [0.25, 0.3) is 0 Å². The van der Waals surface area contributed by atoms with Crippen molar-refractivity contribution in [1.82, 2.24) is 9.21 Å². The lowest BCUT2D eigenvalue weighted by Crippen LogP contribution is -2.51. The molecule has 1 aliphatic heterocycles. The van der Waals surface area contributed by atoms with Gasteiger partial charge in [-0.2, -0.15) is 4.31 Å². The Labute approximate surface area is 219 Å². The first-order valence-electron chi connectivity index (χ1n) is 12.1. The van der Waals surface area contributed by atoms with Crippen LogP contribution >= 0.6 is 11.6 Å². The number of carbonyl (C=O) groups is 1. The molecule has 1 fully saturated rings. The molecule has 0 atom stereocenters. The Morgan fingerprint density at radius 1 is 0.889 bits per heavy atom. The van der Waals surface area contributed by atoms with E-state index in [-0.39, 0.29) is 23.9 Å². The van der Waals surface area contributed by atoms with Gasteiger partial charge in [0.2, 0.25) is 15.9 Å². The number of rotatable bonds is 7. The van der Waals surface area contributed by atoms with Crippen molar-refractivity contribution in [2.45, 2.75) is 32.2 Å². The SMILES string of the molecule is Cc1cc(C)c(S(=O)(=O)N(CC(=O)N2CCN(c3cccc(Cl)c3)CC2)Cc2ccccc2)c(C)c1. The van der Waals surface area contributed by atoms with Crippen molar-refractivity contribution in [2.75, 3.05) is 37.6 Å². The molecule has 0 aromatic heterocycles. The zero-order chi connectivity index (χ0) is 25.9. The van der Waals surface area contributed by atoms with Gasteiger partial charge >= 0.3 is 0 Å². The highest BCUT2D eigenvalue weighted by Crippen LogP contribution is 2.27. The van der Waals surface area contributed by atoms with Crippen LogP contribution in [0.2, 0.25) is 5.02 Å². The Morgan fingerprint density at radius 3 is 2.14 bits per heavy atom. The molecule has 0 spiro atoms. The molecule has 0 saturated carbocycles. The first kappa shape index (κ1) is 26.2. The maximum Gasteiger partial charge on any atom is 0.244 e. The molecule has 36 heavy (non-hydrogen) atoms. The summed E-state index contributed by atoms with van der Waals surface area (Å²) in [5, 5.41) is 0.675. The van der Waals surface area contributed by atoms with Crippen molar-refractivity contribution in [3.8, 4) is 0 Å². The third-order valence-electron chi connectivity index (χ3n) is 6.52. The second-order valence-corrected chi connectivity index (χ2v) is 11.6. The Bertz CT molecular complexity index is 1310. The van der Waals surface area contributed by atoms with Gasteiger partial charge in [0.15, 0.2) is 0 Å². The summed E-state index contributed by atoms with van der Waals surface area (Å²) >= 11 is 6.14. The van der Waals surface area contributed by atoms with Gasteiger partial charge < -0.3 is 9.80 Å². The van der Waals surface area contributed by atoms with Crippen LogP contribution in [0, 0.1) is 20.8 Å². The van der Waals surface area contributed by atoms with Gasteiger partial charge in [0.05, 0.1) is 11.4 Å². The van der Waals surface area contributed by atoms with Crippen molar-refractivity contribution in [1.29, 1.82) is 0 Å². The maximum absolute atomic E-state index is 13.9. The Balaban J connectivity index is 1.55. The van der Waals surface area contributed by atoms with Crippen LogP contribution in [0.4, 0.5) is 5.69 Å². The van der Waals surface area contributed by atoms with E-state index in [2.05, 4.69) is 4.90 Å². The van der Waals surface area contributed by atoms with Crippen molar-refractivity contribution in [2.24, 2.45) is 0 Å². The van der Waals surface area contributed by atoms with E-state index < -0.39 is 10.0 Å². The van der Waals surface area contributed by atoms with Gasteiger partial charge in [0, 0.05) is 43.4 Å². The average molecular weight is 526 g/mol. The molecule has 1 heterocycles. The molecule has 0 aliphatic carbocycles. The second kappa shape index (κ2) is 11.0. The lowest BCUT2D eigenvalue weighted by molar-refractivity contribution is -0.131. The van der Waals surface area contributed by atoms with Crippen molar-refractivity contribution in [3.05, 3.63) is 94.0 Å². The van der Waals surface area contributed by atoms with E-state index >= 15 is 0 Å². The van der Waals surface area contributed by atoms with Gasteiger partial charge in [-0.1, -0.05) is 65.7 Å². The number of piperazine rings is 1. The monoisotopic (exact) mass is 525 g/mol. The van der Waals surface area contributed by atoms with Gasteiger partial charge in [-0.3, -0.25) is 4.79 Å². The average Bonchev–Trinajstić information content (AvgIpc) is 2.83. The molecule has 0 N–H and O–H groups in total. The van der Waals surface area contributed by atoms with Crippen LogP contribution in [-0.2, 0) is 21.4 Å². The number of carbonyl (C=O) groups excluding carboxylic acids is 1. The minimum atomic E-state index is -3.91. The summed E-state index contributed by atoms with van der Waals surface area (Å²) in [6.07, 6.45) is 0. The molecule has 6 nitrogen and oxygen atoms in total. The highest BCUT2D eigenvalue weighted by Gasteiger charge is 2.32. The van der Waals surface area contributed by atoms with Crippen LogP contribution in [0.25, 0.3) is 0 Å². The standard InChI is InChI=1S/C28H32ClN3O3S/c1-21-16-22(2)28(23(3)17-21)36(34,35)32(19-24-8-5-4-6-9-24)20-27(33)31-14-12-30(13-15-31)26-11-7-10-25(29)18-26/h4-11,16-18H,12-15,19-20H2,1-3H3. The second-order valence-electron chi connectivity index (χ2n) is 9.33. The van der Waals surface area contributed by atoms with Crippen LogP contribution < -0.4 is 4.90 Å². The topological polar surface area (TPSA) is 60.9 Å². The van der Waals surface area contributed by atoms with E-state index in [4.69, 9.17) is 11.6 Å². The summed E-state index contributed by atoms with van der Waals surface area (Å²) in [6, 6.07) is 20.8. The minimum absolute atomic E-state index is 0.129. The predicted octanol–water partition coefficient (Wildman–Crippen LogP) is 4.80. The van der Waals surface area contributed by atoms with E-state index in [1.165, 1.54) is 4.31 Å². The van der Waals surface area contributed by atoms with Gasteiger partial charge in [0.1, 0.15) is 0 Å². The molecule has 1 saturated heterocycles. The number of amides is 1. The Kier molecular flexibility index (Phi) is 8.03. The maximum atomic E-state index is 13.9. The molecule has 8 heteroatoms. The zero-order valence-electron chi connectivity index (χ0n) is 20.9. The first-order chi connectivity index (χ1) is 17.1. The van der Waals surface area contributed by atoms with Crippen molar-refractivity contribution < 1.29 is 13.2 Å². The van der Waals surface area contributed by atoms with Crippen LogP contribution in [0.1, 0.15) is 22.3 Å². The molecule has 3 aromatic rings. The fourth-order valence-corrected chi connectivity index (χ4v) is 6.83.